The second-order valence-electron chi connectivity index (χ2n) is 6.42. The highest BCUT2D eigenvalue weighted by Gasteiger charge is 2.67. The summed E-state index contributed by atoms with van der Waals surface area (Å²) < 4.78 is 84.0. The van der Waals surface area contributed by atoms with Crippen LogP contribution in [0.4, 0.5) is 22.0 Å². The maximum Gasteiger partial charge on any atom is 0.417 e. The fraction of sp³-hybridized carbons (Fsp3) is 0.611. The molecule has 1 aliphatic rings. The zero-order valence-electron chi connectivity index (χ0n) is 15.3. The van der Waals surface area contributed by atoms with Crippen molar-refractivity contribution < 1.29 is 41.0 Å². The molecular formula is C18H21F5O4. The second kappa shape index (κ2) is 7.61. The number of methoxy groups -OCH3 is 1. The van der Waals surface area contributed by atoms with Gasteiger partial charge >= 0.3 is 12.1 Å². The molecule has 0 amide bonds. The van der Waals surface area contributed by atoms with E-state index in [2.05, 4.69) is 0 Å². The topological polar surface area (TPSA) is 44.8 Å². The van der Waals surface area contributed by atoms with Crippen LogP contribution in [-0.2, 0) is 14.3 Å². The SMILES string of the molecule is CCOC(=O)[C@@H]1O[C@@](C)(C(F)(F)F)[C@@H](CC)[C@H]1c1ccc(F)c(F)c1OC. The smallest absolute Gasteiger partial charge is 0.417 e. The standard InChI is InChI=1S/C18H21F5O4/c1-5-10-12(9-7-8-11(19)13(20)14(9)25-4)15(16(24)26-6-2)27-17(10,3)18(21,22)23/h7-8,10,12,15H,5-6H2,1-4H3/t10-,12+,15+,17+/m0/s1. The van der Waals surface area contributed by atoms with Crippen molar-refractivity contribution >= 4 is 5.97 Å². The Bertz CT molecular complexity index is 706. The first-order valence-electron chi connectivity index (χ1n) is 8.46. The highest BCUT2D eigenvalue weighted by molar-refractivity contribution is 5.77. The molecule has 0 aliphatic carbocycles. The molecule has 0 radical (unpaired) electrons. The molecule has 4 nitrogen and oxygen atoms in total. The number of esters is 1. The minimum atomic E-state index is -4.79. The number of hydrogen-bond donors (Lipinski definition) is 0. The molecular weight excluding hydrogens is 375 g/mol. The van der Waals surface area contributed by atoms with Crippen molar-refractivity contribution in [3.8, 4) is 5.75 Å². The Morgan fingerprint density at radius 2 is 1.89 bits per heavy atom. The van der Waals surface area contributed by atoms with E-state index in [1.54, 1.807) is 0 Å². The van der Waals surface area contributed by atoms with Crippen LogP contribution in [0.25, 0.3) is 0 Å². The summed E-state index contributed by atoms with van der Waals surface area (Å²) in [7, 11) is 1.07. The molecule has 2 rings (SSSR count). The molecule has 1 heterocycles. The molecule has 152 valence electrons. The lowest BCUT2D eigenvalue weighted by molar-refractivity contribution is -0.275. The Labute approximate surface area is 153 Å². The Morgan fingerprint density at radius 3 is 2.37 bits per heavy atom. The number of carbonyl (C=O) groups excluding carboxylic acids is 1. The molecule has 1 saturated heterocycles. The summed E-state index contributed by atoms with van der Waals surface area (Å²) in [6.07, 6.45) is -6.46. The summed E-state index contributed by atoms with van der Waals surface area (Å²) in [5.41, 5.74) is -2.74. The number of benzene rings is 1. The summed E-state index contributed by atoms with van der Waals surface area (Å²) in [6, 6.07) is 1.90. The van der Waals surface area contributed by atoms with Gasteiger partial charge in [-0.1, -0.05) is 13.0 Å². The van der Waals surface area contributed by atoms with E-state index >= 15 is 0 Å². The van der Waals surface area contributed by atoms with Crippen LogP contribution in [0.3, 0.4) is 0 Å². The third kappa shape index (κ3) is 3.49. The molecule has 27 heavy (non-hydrogen) atoms. The van der Waals surface area contributed by atoms with Gasteiger partial charge in [0.1, 0.15) is 0 Å². The van der Waals surface area contributed by atoms with Crippen LogP contribution >= 0.6 is 0 Å². The van der Waals surface area contributed by atoms with Gasteiger partial charge in [0, 0.05) is 17.4 Å². The molecule has 9 heteroatoms. The highest BCUT2D eigenvalue weighted by atomic mass is 19.4. The van der Waals surface area contributed by atoms with Crippen LogP contribution < -0.4 is 4.74 Å². The maximum absolute atomic E-state index is 14.2. The van der Waals surface area contributed by atoms with Crippen LogP contribution in [0.15, 0.2) is 12.1 Å². The van der Waals surface area contributed by atoms with Gasteiger partial charge in [0.2, 0.25) is 5.82 Å². The first-order valence-corrected chi connectivity index (χ1v) is 8.46. The highest BCUT2D eigenvalue weighted by Crippen LogP contribution is 2.56. The van der Waals surface area contributed by atoms with Gasteiger partial charge in [-0.2, -0.15) is 17.6 Å². The number of hydrogen-bond acceptors (Lipinski definition) is 4. The summed E-state index contributed by atoms with van der Waals surface area (Å²) in [6.45, 7) is 3.78. The van der Waals surface area contributed by atoms with E-state index in [1.807, 2.05) is 0 Å². The van der Waals surface area contributed by atoms with E-state index in [4.69, 9.17) is 14.2 Å². The van der Waals surface area contributed by atoms with Crippen LogP contribution in [0.2, 0.25) is 0 Å². The Morgan fingerprint density at radius 1 is 1.26 bits per heavy atom. The molecule has 1 aromatic rings. The molecule has 1 aromatic carbocycles. The van der Waals surface area contributed by atoms with Gasteiger partial charge in [-0.25, -0.2) is 9.18 Å². The average Bonchev–Trinajstić information content (AvgIpc) is 2.91. The Balaban J connectivity index is 2.68. The molecule has 0 saturated carbocycles. The molecule has 1 fully saturated rings. The first-order chi connectivity index (χ1) is 12.5. The molecule has 4 atom stereocenters. The predicted molar refractivity (Wildman–Crippen MR) is 85.4 cm³/mol. The van der Waals surface area contributed by atoms with Crippen LogP contribution in [0.1, 0.15) is 38.7 Å². The van der Waals surface area contributed by atoms with Gasteiger partial charge < -0.3 is 14.2 Å². The van der Waals surface area contributed by atoms with Crippen LogP contribution in [-0.4, -0.2) is 37.6 Å². The fourth-order valence-electron chi connectivity index (χ4n) is 3.71. The minimum Gasteiger partial charge on any atom is -0.493 e. The zero-order valence-corrected chi connectivity index (χ0v) is 15.3. The summed E-state index contributed by atoms with van der Waals surface area (Å²) >= 11 is 0. The minimum absolute atomic E-state index is 0.0290. The molecule has 0 bridgehead atoms. The lowest BCUT2D eigenvalue weighted by atomic mass is 9.74. The van der Waals surface area contributed by atoms with E-state index in [1.165, 1.54) is 13.8 Å². The normalized spacial score (nSPS) is 28.3. The van der Waals surface area contributed by atoms with E-state index in [0.717, 1.165) is 26.2 Å². The Kier molecular flexibility index (Phi) is 6.03. The Hall–Kier alpha value is -1.90. The lowest BCUT2D eigenvalue weighted by Crippen LogP contribution is -2.48. The van der Waals surface area contributed by atoms with Crippen molar-refractivity contribution in [1.82, 2.24) is 0 Å². The fourth-order valence-corrected chi connectivity index (χ4v) is 3.71. The van der Waals surface area contributed by atoms with Gasteiger partial charge in [0.25, 0.3) is 0 Å². The van der Waals surface area contributed by atoms with Crippen molar-refractivity contribution in [2.75, 3.05) is 13.7 Å². The number of alkyl halides is 3. The van der Waals surface area contributed by atoms with E-state index in [-0.39, 0.29) is 18.6 Å². The third-order valence-corrected chi connectivity index (χ3v) is 5.00. The monoisotopic (exact) mass is 396 g/mol. The summed E-state index contributed by atoms with van der Waals surface area (Å²) in [5.74, 6) is -6.58. The quantitative estimate of drug-likeness (QED) is 0.548. The van der Waals surface area contributed by atoms with Gasteiger partial charge in [0.15, 0.2) is 23.3 Å². The van der Waals surface area contributed by atoms with Gasteiger partial charge in [-0.3, -0.25) is 0 Å². The summed E-state index contributed by atoms with van der Waals surface area (Å²) in [4.78, 5) is 12.3. The van der Waals surface area contributed by atoms with Crippen molar-refractivity contribution in [3.05, 3.63) is 29.3 Å². The van der Waals surface area contributed by atoms with Gasteiger partial charge in [0.05, 0.1) is 13.7 Å². The van der Waals surface area contributed by atoms with Gasteiger partial charge in [-0.05, 0) is 26.3 Å². The summed E-state index contributed by atoms with van der Waals surface area (Å²) in [5, 5.41) is 0. The third-order valence-electron chi connectivity index (χ3n) is 5.00. The molecule has 1 aliphatic heterocycles. The van der Waals surface area contributed by atoms with Crippen molar-refractivity contribution in [2.45, 2.75) is 51.0 Å². The lowest BCUT2D eigenvalue weighted by Gasteiger charge is -2.33. The van der Waals surface area contributed by atoms with E-state index in [0.29, 0.717) is 0 Å². The van der Waals surface area contributed by atoms with Crippen molar-refractivity contribution in [2.24, 2.45) is 5.92 Å². The van der Waals surface area contributed by atoms with Crippen LogP contribution in [0, 0.1) is 17.6 Å². The first kappa shape index (κ1) is 21.4. The predicted octanol–water partition coefficient (Wildman–Crippen LogP) is 4.37. The maximum atomic E-state index is 14.2. The second-order valence-corrected chi connectivity index (χ2v) is 6.42. The van der Waals surface area contributed by atoms with E-state index < -0.39 is 53.1 Å². The van der Waals surface area contributed by atoms with Crippen molar-refractivity contribution in [1.29, 1.82) is 0 Å². The number of rotatable bonds is 5. The molecule has 0 N–H and O–H groups in total. The molecule has 0 aromatic heterocycles. The van der Waals surface area contributed by atoms with Crippen LogP contribution in [0.5, 0.6) is 5.75 Å². The average molecular weight is 396 g/mol. The number of carbonyl (C=O) groups is 1. The largest absolute Gasteiger partial charge is 0.493 e. The van der Waals surface area contributed by atoms with E-state index in [9.17, 15) is 26.7 Å². The zero-order chi connectivity index (χ0) is 20.6. The van der Waals surface area contributed by atoms with Crippen molar-refractivity contribution in [3.63, 3.8) is 0 Å². The molecule has 0 spiro atoms. The number of ether oxygens (including phenoxy) is 3. The number of halogens is 5. The van der Waals surface area contributed by atoms with Gasteiger partial charge in [-0.15, -0.1) is 0 Å². The molecule has 0 unspecified atom stereocenters.